The van der Waals surface area contributed by atoms with Crippen molar-refractivity contribution in [2.45, 2.75) is 6.29 Å². The lowest BCUT2D eigenvalue weighted by Crippen LogP contribution is -2.29. The van der Waals surface area contributed by atoms with E-state index in [9.17, 15) is 0 Å². The molecule has 0 amide bonds. The van der Waals surface area contributed by atoms with E-state index in [2.05, 4.69) is 279 Å². The second-order valence-electron chi connectivity index (χ2n) is 17.3. The predicted octanol–water partition coefficient (Wildman–Crippen LogP) is 16.5. The molecule has 6 nitrogen and oxygen atoms in total. The summed E-state index contributed by atoms with van der Waals surface area (Å²) in [5, 5.41) is 6.28. The van der Waals surface area contributed by atoms with Gasteiger partial charge in [-0.3, -0.25) is 4.57 Å². The molecule has 1 aliphatic rings. The van der Waals surface area contributed by atoms with Gasteiger partial charge in [0.05, 0.1) is 22.1 Å². The Balaban J connectivity index is 1.03. The molecule has 0 radical (unpaired) electrons. The van der Waals surface area contributed by atoms with Crippen molar-refractivity contribution in [2.24, 2.45) is 0 Å². The zero-order chi connectivity index (χ0) is 45.0. The van der Waals surface area contributed by atoms with Crippen molar-refractivity contribution in [3.63, 3.8) is 0 Å². The summed E-state index contributed by atoms with van der Waals surface area (Å²) in [5.41, 5.74) is 17.6. The van der Waals surface area contributed by atoms with Crippen LogP contribution in [0.3, 0.4) is 0 Å². The molecule has 0 fully saturated rings. The van der Waals surface area contributed by atoms with Gasteiger partial charge in [-0.2, -0.15) is 0 Å². The quantitative estimate of drug-likeness (QED) is 0.157. The van der Waals surface area contributed by atoms with Gasteiger partial charge in [-0.25, -0.2) is 4.98 Å². The molecule has 0 aliphatic carbocycles. The van der Waals surface area contributed by atoms with Gasteiger partial charge in [0.2, 0.25) is 0 Å². The average molecular weight is 873 g/mol. The predicted molar refractivity (Wildman–Crippen MR) is 283 cm³/mol. The molecule has 10 aromatic carbocycles. The van der Waals surface area contributed by atoms with Crippen molar-refractivity contribution in [1.82, 2.24) is 14.1 Å². The topological polar surface area (TPSA) is 41.3 Å². The van der Waals surface area contributed by atoms with E-state index in [-0.39, 0.29) is 6.29 Å². The highest BCUT2D eigenvalue weighted by Gasteiger charge is 2.31. The van der Waals surface area contributed by atoms with Gasteiger partial charge < -0.3 is 19.7 Å². The molecule has 0 saturated carbocycles. The summed E-state index contributed by atoms with van der Waals surface area (Å²) in [7, 11) is 0. The standard InChI is InChI=1S/C62H44N6/c1-5-17-43(18-6-1)45-29-33-49(34-30-45)65(47-21-9-3-10-22-47)51-37-39-58-54(41-51)55-42-52(66(48-23-11-4-12-24-48)50-35-31-46(32-36-50)44-19-7-2-8-20-44)38-40-59(55)67(58)62-64-56-26-14-13-25-53(56)61-63-57-27-15-16-28-60(57)68(61)62/h1-42,62,64H. The van der Waals surface area contributed by atoms with Crippen LogP contribution in [0, 0.1) is 0 Å². The Hall–Kier alpha value is -9.13. The number of hydrogen-bond donors (Lipinski definition) is 1. The summed E-state index contributed by atoms with van der Waals surface area (Å²) in [4.78, 5) is 10.00. The number of nitrogens with zero attached hydrogens (tertiary/aromatic N) is 5. The average Bonchev–Trinajstić information content (AvgIpc) is 3.96. The lowest BCUT2D eigenvalue weighted by Gasteiger charge is -2.32. The SMILES string of the molecule is c1ccc(-c2ccc(N(c3ccccc3)c3ccc4c(c3)c3cc(N(c5ccccc5)c5ccc(-c6ccccc6)cc5)ccc3n4C3Nc4ccccc4-c4nc5ccccc5n43)cc2)cc1. The van der Waals surface area contributed by atoms with Gasteiger partial charge in [0.1, 0.15) is 5.82 Å². The van der Waals surface area contributed by atoms with Crippen molar-refractivity contribution >= 4 is 72.7 Å². The third-order valence-electron chi connectivity index (χ3n) is 13.3. The molecule has 13 rings (SSSR count). The summed E-state index contributed by atoms with van der Waals surface area (Å²) < 4.78 is 4.84. The Morgan fingerprint density at radius 1 is 0.338 bits per heavy atom. The Morgan fingerprint density at radius 2 is 0.750 bits per heavy atom. The second kappa shape index (κ2) is 16.4. The zero-order valence-corrected chi connectivity index (χ0v) is 37.1. The second-order valence-corrected chi connectivity index (χ2v) is 17.3. The molecule has 1 N–H and O–H groups in total. The summed E-state index contributed by atoms with van der Waals surface area (Å²) in [5.74, 6) is 0.942. The summed E-state index contributed by atoms with van der Waals surface area (Å²) in [6.07, 6.45) is -0.324. The lowest BCUT2D eigenvalue weighted by molar-refractivity contribution is 0.520. The van der Waals surface area contributed by atoms with E-state index in [4.69, 9.17) is 4.98 Å². The van der Waals surface area contributed by atoms with E-state index in [1.165, 1.54) is 22.3 Å². The maximum atomic E-state index is 5.27. The summed E-state index contributed by atoms with van der Waals surface area (Å²) in [6, 6.07) is 91.2. The molecule has 68 heavy (non-hydrogen) atoms. The van der Waals surface area contributed by atoms with Crippen LogP contribution >= 0.6 is 0 Å². The number of rotatable bonds is 9. The number of benzene rings is 10. The first-order valence-electron chi connectivity index (χ1n) is 23.2. The minimum Gasteiger partial charge on any atom is -0.347 e. The molecular formula is C62H44N6. The van der Waals surface area contributed by atoms with Crippen LogP contribution in [0.2, 0.25) is 0 Å². The molecule has 3 heterocycles. The van der Waals surface area contributed by atoms with Crippen LogP contribution in [0.4, 0.5) is 39.8 Å². The van der Waals surface area contributed by atoms with E-state index >= 15 is 0 Å². The Kier molecular flexibility index (Phi) is 9.46. The fraction of sp³-hybridized carbons (Fsp3) is 0.0161. The molecule has 1 aliphatic heterocycles. The first-order chi connectivity index (χ1) is 33.7. The molecule has 1 unspecified atom stereocenters. The normalized spacial score (nSPS) is 13.0. The Bertz CT molecular complexity index is 3570. The molecule has 6 heteroatoms. The maximum Gasteiger partial charge on any atom is 0.188 e. The van der Waals surface area contributed by atoms with Gasteiger partial charge in [-0.15, -0.1) is 0 Å². The number of fused-ring (bicyclic) bond motifs is 8. The summed E-state index contributed by atoms with van der Waals surface area (Å²) in [6.45, 7) is 0. The first-order valence-corrected chi connectivity index (χ1v) is 23.2. The van der Waals surface area contributed by atoms with Crippen LogP contribution < -0.4 is 15.1 Å². The van der Waals surface area contributed by atoms with E-state index in [1.807, 2.05) is 0 Å². The third-order valence-corrected chi connectivity index (χ3v) is 13.3. The number of hydrogen-bond acceptors (Lipinski definition) is 4. The van der Waals surface area contributed by atoms with Crippen LogP contribution in [-0.2, 0) is 0 Å². The minimum atomic E-state index is -0.324. The molecular weight excluding hydrogens is 829 g/mol. The highest BCUT2D eigenvalue weighted by atomic mass is 15.4. The monoisotopic (exact) mass is 872 g/mol. The molecule has 2 aromatic heterocycles. The largest absolute Gasteiger partial charge is 0.347 e. The minimum absolute atomic E-state index is 0.324. The van der Waals surface area contributed by atoms with Gasteiger partial charge >= 0.3 is 0 Å². The van der Waals surface area contributed by atoms with Crippen molar-refractivity contribution in [3.05, 3.63) is 255 Å². The van der Waals surface area contributed by atoms with E-state index in [0.29, 0.717) is 0 Å². The van der Waals surface area contributed by atoms with Crippen LogP contribution in [0.25, 0.3) is 66.5 Å². The fourth-order valence-electron chi connectivity index (χ4n) is 10.2. The molecule has 1 atom stereocenters. The van der Waals surface area contributed by atoms with E-state index in [0.717, 1.165) is 84.0 Å². The van der Waals surface area contributed by atoms with Crippen LogP contribution in [-0.4, -0.2) is 14.1 Å². The Labute approximate surface area is 394 Å². The van der Waals surface area contributed by atoms with Crippen molar-refractivity contribution < 1.29 is 0 Å². The van der Waals surface area contributed by atoms with Crippen LogP contribution in [0.1, 0.15) is 6.29 Å². The number of para-hydroxylation sites is 5. The van der Waals surface area contributed by atoms with Crippen molar-refractivity contribution in [3.8, 4) is 33.6 Å². The smallest absolute Gasteiger partial charge is 0.188 e. The number of anilines is 7. The zero-order valence-electron chi connectivity index (χ0n) is 37.1. The molecule has 0 saturated heterocycles. The lowest BCUT2D eigenvalue weighted by atomic mass is 10.0. The van der Waals surface area contributed by atoms with Gasteiger partial charge in [-0.1, -0.05) is 146 Å². The highest BCUT2D eigenvalue weighted by Crippen LogP contribution is 2.46. The Morgan fingerprint density at radius 3 is 1.28 bits per heavy atom. The van der Waals surface area contributed by atoms with Gasteiger partial charge in [-0.05, 0) is 131 Å². The molecule has 0 spiro atoms. The number of imidazole rings is 1. The van der Waals surface area contributed by atoms with E-state index < -0.39 is 0 Å². The maximum absolute atomic E-state index is 5.27. The first kappa shape index (κ1) is 39.3. The van der Waals surface area contributed by atoms with Gasteiger partial charge in [0.25, 0.3) is 0 Å². The van der Waals surface area contributed by atoms with E-state index in [1.54, 1.807) is 0 Å². The van der Waals surface area contributed by atoms with Gasteiger partial charge in [0.15, 0.2) is 6.29 Å². The summed E-state index contributed by atoms with van der Waals surface area (Å²) >= 11 is 0. The number of aromatic nitrogens is 3. The molecule has 0 bridgehead atoms. The van der Waals surface area contributed by atoms with Crippen molar-refractivity contribution in [2.75, 3.05) is 15.1 Å². The fourth-order valence-corrected chi connectivity index (χ4v) is 10.2. The highest BCUT2D eigenvalue weighted by molar-refractivity contribution is 6.11. The number of nitrogens with one attached hydrogen (secondary N) is 1. The van der Waals surface area contributed by atoms with Gasteiger partial charge in [0, 0.05) is 56.1 Å². The molecule has 322 valence electrons. The molecule has 12 aromatic rings. The van der Waals surface area contributed by atoms with Crippen molar-refractivity contribution in [1.29, 1.82) is 0 Å². The third kappa shape index (κ3) is 6.69. The van der Waals surface area contributed by atoms with Crippen LogP contribution in [0.5, 0.6) is 0 Å². The van der Waals surface area contributed by atoms with Crippen LogP contribution in [0.15, 0.2) is 255 Å².